The Kier molecular flexibility index (Phi) is 7.85. The Labute approximate surface area is 241 Å². The number of likely N-dealkylation sites (tertiary alicyclic amines) is 1. The molecule has 2 aliphatic rings. The van der Waals surface area contributed by atoms with E-state index in [4.69, 9.17) is 4.98 Å². The van der Waals surface area contributed by atoms with Gasteiger partial charge in [-0.25, -0.2) is 9.97 Å². The van der Waals surface area contributed by atoms with E-state index >= 15 is 0 Å². The molecule has 0 bridgehead atoms. The third-order valence-electron chi connectivity index (χ3n) is 8.86. The molecule has 1 saturated carbocycles. The Morgan fingerprint density at radius 2 is 2.05 bits per heavy atom. The Bertz CT molecular complexity index is 1380. The van der Waals surface area contributed by atoms with Crippen LogP contribution < -0.4 is 10.6 Å². The number of carbonyl (C=O) groups excluding carboxylic acids is 1. The zero-order valence-electron chi connectivity index (χ0n) is 24.7. The first-order chi connectivity index (χ1) is 18.9. The van der Waals surface area contributed by atoms with Crippen molar-refractivity contribution < 1.29 is 9.90 Å². The lowest BCUT2D eigenvalue weighted by Crippen LogP contribution is -2.42. The smallest absolute Gasteiger partial charge is 0.245 e. The van der Waals surface area contributed by atoms with Crippen LogP contribution in [0.3, 0.4) is 0 Å². The van der Waals surface area contributed by atoms with Gasteiger partial charge in [0, 0.05) is 43.8 Å². The number of anilines is 1. The molecule has 1 aliphatic carbocycles. The van der Waals surface area contributed by atoms with Crippen molar-refractivity contribution in [3.63, 3.8) is 0 Å². The Balaban J connectivity index is 1.40. The summed E-state index contributed by atoms with van der Waals surface area (Å²) in [4.78, 5) is 24.4. The third kappa shape index (κ3) is 5.69. The van der Waals surface area contributed by atoms with Crippen LogP contribution in [0.1, 0.15) is 94.4 Å². The van der Waals surface area contributed by atoms with Crippen LogP contribution in [0.25, 0.3) is 11.0 Å². The van der Waals surface area contributed by atoms with E-state index in [1.165, 1.54) is 23.0 Å². The number of nitrogens with one attached hydrogen (secondary N) is 2. The molecule has 3 N–H and O–H groups in total. The molecule has 1 aliphatic heterocycles. The van der Waals surface area contributed by atoms with E-state index in [2.05, 4.69) is 86.5 Å². The molecule has 2 atom stereocenters. The molecule has 1 spiro atoms. The molecule has 216 valence electrons. The molecule has 2 fully saturated rings. The van der Waals surface area contributed by atoms with Crippen LogP contribution in [0.4, 0.5) is 5.95 Å². The van der Waals surface area contributed by atoms with E-state index in [1.807, 2.05) is 4.90 Å². The number of benzene rings is 1. The zero-order chi connectivity index (χ0) is 28.8. The molecule has 3 aromatic rings. The van der Waals surface area contributed by atoms with Crippen molar-refractivity contribution in [2.75, 3.05) is 18.4 Å². The number of rotatable bonds is 9. The fourth-order valence-electron chi connectivity index (χ4n) is 5.90. The minimum absolute atomic E-state index is 0.0196. The summed E-state index contributed by atoms with van der Waals surface area (Å²) in [5, 5.41) is 19.1. The summed E-state index contributed by atoms with van der Waals surface area (Å²) in [5.41, 5.74) is 3.49. The maximum absolute atomic E-state index is 12.2. The predicted molar refractivity (Wildman–Crippen MR) is 162 cm³/mol. The van der Waals surface area contributed by atoms with Crippen LogP contribution in [-0.4, -0.2) is 49.6 Å². The van der Waals surface area contributed by atoms with Gasteiger partial charge in [-0.15, -0.1) is 11.3 Å². The van der Waals surface area contributed by atoms with E-state index in [0.29, 0.717) is 17.9 Å². The van der Waals surface area contributed by atoms with Gasteiger partial charge >= 0.3 is 0 Å². The van der Waals surface area contributed by atoms with Crippen molar-refractivity contribution in [2.24, 2.45) is 10.8 Å². The maximum atomic E-state index is 12.2. The van der Waals surface area contributed by atoms with Gasteiger partial charge in [0.2, 0.25) is 11.9 Å². The van der Waals surface area contributed by atoms with Gasteiger partial charge in [0.15, 0.2) is 6.23 Å². The fourth-order valence-corrected chi connectivity index (χ4v) is 6.76. The Hall–Kier alpha value is -2.75. The van der Waals surface area contributed by atoms with E-state index in [1.54, 1.807) is 6.20 Å². The molecular formula is C31H44N6O2S. The summed E-state index contributed by atoms with van der Waals surface area (Å²) in [6.45, 7) is 19.2. The van der Waals surface area contributed by atoms with Crippen LogP contribution in [0, 0.1) is 10.8 Å². The Morgan fingerprint density at radius 1 is 1.30 bits per heavy atom. The highest BCUT2D eigenvalue weighted by molar-refractivity contribution is 7.11. The number of amides is 1. The standard InChI is InChI=1S/C31H44N6O2S/c1-8-26(38)36-12-11-31(18-36)14-22(15-31)37-24-10-9-21(16-32-20(4)30(5,6)7)13-23(24)34-29(37)35-27(39)25-17-33-28(40-25)19(2)3/h8-10,13,17,19-20,22,27,32,39H,1,11-12,14-16,18H2,2-7H3,(H,34,35)/t20-,22?,27?,31?/m0/s1. The lowest BCUT2D eigenvalue weighted by atomic mass is 9.64. The van der Waals surface area contributed by atoms with Crippen molar-refractivity contribution in [3.8, 4) is 0 Å². The molecule has 1 aromatic carbocycles. The minimum atomic E-state index is -0.893. The molecular weight excluding hydrogens is 520 g/mol. The first kappa shape index (κ1) is 28.8. The molecule has 2 aromatic heterocycles. The maximum Gasteiger partial charge on any atom is 0.245 e. The summed E-state index contributed by atoms with van der Waals surface area (Å²) < 4.78 is 2.27. The SMILES string of the molecule is C=CC(=O)N1CCC2(CC(n3c(NC(O)c4cnc(C(C)C)s4)nc4cc(CN[C@@H](C)C(C)(C)C)ccc43)C2)C1. The van der Waals surface area contributed by atoms with Gasteiger partial charge in [-0.3, -0.25) is 4.79 Å². The van der Waals surface area contributed by atoms with Crippen LogP contribution in [-0.2, 0) is 11.3 Å². The quantitative estimate of drug-likeness (QED) is 0.219. The summed E-state index contributed by atoms with van der Waals surface area (Å²) in [7, 11) is 0. The normalized spacial score (nSPS) is 22.6. The van der Waals surface area contributed by atoms with Crippen LogP contribution >= 0.6 is 11.3 Å². The van der Waals surface area contributed by atoms with E-state index in [0.717, 1.165) is 59.8 Å². The lowest BCUT2D eigenvalue weighted by molar-refractivity contribution is -0.125. The number of aliphatic hydroxyl groups excluding tert-OH is 1. The number of aliphatic hydroxyl groups is 1. The van der Waals surface area contributed by atoms with Gasteiger partial charge in [0.1, 0.15) is 0 Å². The molecule has 9 heteroatoms. The monoisotopic (exact) mass is 564 g/mol. The molecule has 1 saturated heterocycles. The average molecular weight is 565 g/mol. The van der Waals surface area contributed by atoms with E-state index in [9.17, 15) is 9.90 Å². The molecule has 1 amide bonds. The number of nitrogens with zero attached hydrogens (tertiary/aromatic N) is 4. The lowest BCUT2D eigenvalue weighted by Gasteiger charge is -2.46. The topological polar surface area (TPSA) is 95.3 Å². The largest absolute Gasteiger partial charge is 0.369 e. The zero-order valence-corrected chi connectivity index (χ0v) is 25.5. The summed E-state index contributed by atoms with van der Waals surface area (Å²) in [5.74, 6) is 1.01. The highest BCUT2D eigenvalue weighted by Gasteiger charge is 2.50. The van der Waals surface area contributed by atoms with Gasteiger partial charge in [-0.2, -0.15) is 0 Å². The van der Waals surface area contributed by atoms with Crippen molar-refractivity contribution in [1.82, 2.24) is 24.8 Å². The average Bonchev–Trinajstić information content (AvgIpc) is 3.62. The molecule has 3 heterocycles. The van der Waals surface area contributed by atoms with Gasteiger partial charge in [-0.1, -0.05) is 47.3 Å². The molecule has 40 heavy (non-hydrogen) atoms. The predicted octanol–water partition coefficient (Wildman–Crippen LogP) is 5.98. The number of thiazole rings is 1. The molecule has 5 rings (SSSR count). The number of hydrogen-bond donors (Lipinski definition) is 3. The first-order valence-electron chi connectivity index (χ1n) is 14.4. The van der Waals surface area contributed by atoms with E-state index in [-0.39, 0.29) is 22.8 Å². The number of imidazole rings is 1. The summed E-state index contributed by atoms with van der Waals surface area (Å²) in [6.07, 6.45) is 5.26. The molecule has 0 radical (unpaired) electrons. The second-order valence-corrected chi connectivity index (χ2v) is 14.3. The van der Waals surface area contributed by atoms with Gasteiger partial charge in [0.05, 0.1) is 20.9 Å². The summed E-state index contributed by atoms with van der Waals surface area (Å²) in [6, 6.07) is 7.11. The first-order valence-corrected chi connectivity index (χ1v) is 15.3. The number of carbonyl (C=O) groups is 1. The van der Waals surface area contributed by atoms with Crippen molar-refractivity contribution >= 4 is 34.2 Å². The van der Waals surface area contributed by atoms with Crippen molar-refractivity contribution in [3.05, 3.63) is 52.5 Å². The molecule has 1 unspecified atom stereocenters. The highest BCUT2D eigenvalue weighted by Crippen LogP contribution is 2.55. The number of fused-ring (bicyclic) bond motifs is 1. The van der Waals surface area contributed by atoms with Gasteiger partial charge in [-0.05, 0) is 60.8 Å². The second-order valence-electron chi connectivity index (χ2n) is 13.2. The van der Waals surface area contributed by atoms with Crippen LogP contribution in [0.5, 0.6) is 0 Å². The van der Waals surface area contributed by atoms with Crippen LogP contribution in [0.2, 0.25) is 0 Å². The van der Waals surface area contributed by atoms with E-state index < -0.39 is 6.23 Å². The highest BCUT2D eigenvalue weighted by atomic mass is 32.1. The van der Waals surface area contributed by atoms with Crippen LogP contribution in [0.15, 0.2) is 37.1 Å². The van der Waals surface area contributed by atoms with Gasteiger partial charge < -0.3 is 25.2 Å². The summed E-state index contributed by atoms with van der Waals surface area (Å²) >= 11 is 1.53. The Morgan fingerprint density at radius 3 is 2.70 bits per heavy atom. The number of aromatic nitrogens is 3. The second kappa shape index (κ2) is 10.9. The molecule has 8 nitrogen and oxygen atoms in total. The number of hydrogen-bond acceptors (Lipinski definition) is 7. The third-order valence-corrected chi connectivity index (χ3v) is 10.2. The van der Waals surface area contributed by atoms with Crippen molar-refractivity contribution in [1.29, 1.82) is 0 Å². The van der Waals surface area contributed by atoms with Crippen molar-refractivity contribution in [2.45, 2.75) is 91.6 Å². The van der Waals surface area contributed by atoms with Gasteiger partial charge in [0.25, 0.3) is 0 Å². The fraction of sp³-hybridized carbons (Fsp3) is 0.581. The minimum Gasteiger partial charge on any atom is -0.369 e.